The minimum atomic E-state index is -0.299. The van der Waals surface area contributed by atoms with Crippen molar-refractivity contribution in [2.24, 2.45) is 0 Å². The molecule has 0 aliphatic carbocycles. The smallest absolute Gasteiger partial charge is 0.234 e. The summed E-state index contributed by atoms with van der Waals surface area (Å²) in [5.74, 6) is -0.154. The number of halogens is 4. The largest absolute Gasteiger partial charge is 0.323 e. The monoisotopic (exact) mass is 387 g/mol. The molecule has 0 saturated heterocycles. The van der Waals surface area contributed by atoms with Crippen molar-refractivity contribution < 1.29 is 4.79 Å². The molecule has 0 bridgehead atoms. The molecule has 0 aliphatic heterocycles. The van der Waals surface area contributed by atoms with Crippen LogP contribution in [0, 0.1) is 0 Å². The van der Waals surface area contributed by atoms with Gasteiger partial charge in [-0.2, -0.15) is 0 Å². The first kappa shape index (κ1) is 16.1. The molecule has 2 aromatic rings. The Bertz CT molecular complexity index is 610. The molecule has 2 rings (SSSR count). The van der Waals surface area contributed by atoms with Gasteiger partial charge in [-0.3, -0.25) is 4.79 Å². The predicted molar refractivity (Wildman–Crippen MR) is 85.7 cm³/mol. The Balaban J connectivity index is 2.08. The normalized spacial score (nSPS) is 10.6. The van der Waals surface area contributed by atoms with Gasteiger partial charge in [-0.25, -0.2) is 0 Å². The van der Waals surface area contributed by atoms with E-state index in [9.17, 15) is 4.79 Å². The zero-order valence-corrected chi connectivity index (χ0v) is 14.1. The van der Waals surface area contributed by atoms with E-state index in [1.165, 1.54) is 29.2 Å². The number of hydrogen-bond donors (Lipinski definition) is 1. The Morgan fingerprint density at radius 2 is 1.90 bits per heavy atom. The van der Waals surface area contributed by atoms with Gasteiger partial charge >= 0.3 is 0 Å². The number of hydrogen-bond acceptors (Lipinski definition) is 5. The van der Waals surface area contributed by atoms with E-state index in [1.807, 2.05) is 0 Å². The maximum Gasteiger partial charge on any atom is 0.234 e. The number of rotatable bonds is 4. The van der Waals surface area contributed by atoms with Crippen LogP contribution in [0.2, 0.25) is 20.1 Å². The van der Waals surface area contributed by atoms with Gasteiger partial charge in [-0.1, -0.05) is 69.5 Å². The lowest BCUT2D eigenvalue weighted by Gasteiger charge is -2.11. The topological polar surface area (TPSA) is 54.9 Å². The van der Waals surface area contributed by atoms with Crippen LogP contribution in [-0.4, -0.2) is 21.9 Å². The Morgan fingerprint density at radius 3 is 2.45 bits per heavy atom. The third kappa shape index (κ3) is 3.90. The number of anilines is 1. The van der Waals surface area contributed by atoms with E-state index in [4.69, 9.17) is 46.4 Å². The molecule has 10 heteroatoms. The summed E-state index contributed by atoms with van der Waals surface area (Å²) in [6.45, 7) is 0. The number of aromatic nitrogens is 2. The summed E-state index contributed by atoms with van der Waals surface area (Å²) < 4.78 is 0.696. The van der Waals surface area contributed by atoms with E-state index in [1.54, 1.807) is 5.51 Å². The Labute approximate surface area is 142 Å². The summed E-state index contributed by atoms with van der Waals surface area (Å²) in [6.07, 6.45) is 0. The predicted octanol–water partition coefficient (Wildman–Crippen LogP) is 4.88. The molecule has 106 valence electrons. The first-order chi connectivity index (χ1) is 9.49. The lowest BCUT2D eigenvalue weighted by atomic mass is 10.3. The third-order valence-electron chi connectivity index (χ3n) is 2.04. The fraction of sp³-hybridized carbons (Fsp3) is 0.100. The quantitative estimate of drug-likeness (QED) is 0.598. The number of nitrogens with one attached hydrogen (secondary N) is 1. The maximum absolute atomic E-state index is 11.9. The number of carbonyl (C=O) groups excluding carboxylic acids is 1. The van der Waals surface area contributed by atoms with Gasteiger partial charge in [0.2, 0.25) is 5.91 Å². The van der Waals surface area contributed by atoms with E-state index in [2.05, 4.69) is 15.5 Å². The van der Waals surface area contributed by atoms with Crippen LogP contribution in [0.3, 0.4) is 0 Å². The zero-order valence-electron chi connectivity index (χ0n) is 9.49. The van der Waals surface area contributed by atoms with Gasteiger partial charge in [-0.15, -0.1) is 10.2 Å². The van der Waals surface area contributed by atoms with Gasteiger partial charge in [0.15, 0.2) is 4.34 Å². The number of nitrogens with zero attached hydrogens (tertiary/aromatic N) is 2. The summed E-state index contributed by atoms with van der Waals surface area (Å²) >= 11 is 26.4. The van der Waals surface area contributed by atoms with Gasteiger partial charge in [0, 0.05) is 0 Å². The van der Waals surface area contributed by atoms with Crippen molar-refractivity contribution in [1.29, 1.82) is 0 Å². The van der Waals surface area contributed by atoms with Gasteiger partial charge in [-0.05, 0) is 6.07 Å². The fourth-order valence-corrected chi connectivity index (χ4v) is 3.40. The van der Waals surface area contributed by atoms with Crippen LogP contribution >= 0.6 is 69.5 Å². The Morgan fingerprint density at radius 1 is 1.25 bits per heavy atom. The number of amides is 1. The molecule has 0 spiro atoms. The molecule has 1 N–H and O–H groups in total. The SMILES string of the molecule is O=C(CSc1nncs1)Nc1c(Cl)c(Cl)cc(Cl)c1Cl. The first-order valence-electron chi connectivity index (χ1n) is 5.01. The molecule has 1 heterocycles. The second-order valence-corrected chi connectivity index (χ2v) is 7.01. The van der Waals surface area contributed by atoms with E-state index in [0.717, 1.165) is 0 Å². The van der Waals surface area contributed by atoms with Crippen molar-refractivity contribution in [2.75, 3.05) is 11.1 Å². The van der Waals surface area contributed by atoms with Crippen LogP contribution in [0.5, 0.6) is 0 Å². The van der Waals surface area contributed by atoms with Crippen molar-refractivity contribution in [1.82, 2.24) is 10.2 Å². The van der Waals surface area contributed by atoms with E-state index in [-0.39, 0.29) is 37.4 Å². The minimum Gasteiger partial charge on any atom is -0.323 e. The zero-order chi connectivity index (χ0) is 14.7. The average Bonchev–Trinajstić information content (AvgIpc) is 2.92. The molecule has 20 heavy (non-hydrogen) atoms. The van der Waals surface area contributed by atoms with Crippen molar-refractivity contribution in [3.8, 4) is 0 Å². The lowest BCUT2D eigenvalue weighted by molar-refractivity contribution is -0.113. The van der Waals surface area contributed by atoms with Gasteiger partial charge < -0.3 is 5.32 Å². The van der Waals surface area contributed by atoms with Crippen LogP contribution in [0.25, 0.3) is 0 Å². The van der Waals surface area contributed by atoms with Crippen molar-refractivity contribution in [3.05, 3.63) is 31.7 Å². The van der Waals surface area contributed by atoms with E-state index >= 15 is 0 Å². The second-order valence-electron chi connectivity index (χ2n) is 3.38. The molecule has 0 fully saturated rings. The molecule has 0 saturated carbocycles. The third-order valence-corrected chi connectivity index (χ3v) is 5.48. The lowest BCUT2D eigenvalue weighted by Crippen LogP contribution is -2.14. The fourth-order valence-electron chi connectivity index (χ4n) is 1.21. The minimum absolute atomic E-state index is 0.145. The van der Waals surface area contributed by atoms with E-state index < -0.39 is 0 Å². The Kier molecular flexibility index (Phi) is 5.77. The summed E-state index contributed by atoms with van der Waals surface area (Å²) in [7, 11) is 0. The van der Waals surface area contributed by atoms with Crippen molar-refractivity contribution in [3.63, 3.8) is 0 Å². The summed E-state index contributed by atoms with van der Waals surface area (Å²) in [5.41, 5.74) is 1.79. The number of benzene rings is 1. The number of thioether (sulfide) groups is 1. The molecule has 1 aromatic carbocycles. The van der Waals surface area contributed by atoms with E-state index in [0.29, 0.717) is 4.34 Å². The summed E-state index contributed by atoms with van der Waals surface area (Å²) in [4.78, 5) is 11.9. The molecule has 0 aliphatic rings. The second kappa shape index (κ2) is 7.15. The average molecular weight is 389 g/mol. The van der Waals surface area contributed by atoms with Crippen LogP contribution in [-0.2, 0) is 4.79 Å². The maximum atomic E-state index is 11.9. The molecule has 4 nitrogen and oxygen atoms in total. The molecule has 1 amide bonds. The molecule has 0 atom stereocenters. The molecule has 1 aromatic heterocycles. The molecular weight excluding hydrogens is 384 g/mol. The van der Waals surface area contributed by atoms with Gasteiger partial charge in [0.25, 0.3) is 0 Å². The van der Waals surface area contributed by atoms with Crippen LogP contribution < -0.4 is 5.32 Å². The highest BCUT2D eigenvalue weighted by atomic mass is 35.5. The van der Waals surface area contributed by atoms with Crippen molar-refractivity contribution >= 4 is 81.1 Å². The summed E-state index contributed by atoms with van der Waals surface area (Å²) in [5, 5.41) is 10.8. The highest BCUT2D eigenvalue weighted by Gasteiger charge is 2.16. The number of carbonyl (C=O) groups is 1. The molecule has 0 unspecified atom stereocenters. The van der Waals surface area contributed by atoms with Crippen molar-refractivity contribution in [2.45, 2.75) is 4.34 Å². The van der Waals surface area contributed by atoms with Crippen LogP contribution in [0.4, 0.5) is 5.69 Å². The standard InChI is InChI=1S/C10H5Cl4N3OS2/c11-4-1-5(12)8(14)9(7(4)13)16-6(18)2-19-10-17-15-3-20-10/h1,3H,2H2,(H,16,18). The highest BCUT2D eigenvalue weighted by molar-refractivity contribution is 8.01. The van der Waals surface area contributed by atoms with Crippen LogP contribution in [0.1, 0.15) is 0 Å². The molecular formula is C10H5Cl4N3OS2. The van der Waals surface area contributed by atoms with Gasteiger partial charge in [0.1, 0.15) is 5.51 Å². The van der Waals surface area contributed by atoms with Gasteiger partial charge in [0.05, 0.1) is 31.5 Å². The molecule has 0 radical (unpaired) electrons. The first-order valence-corrected chi connectivity index (χ1v) is 8.38. The highest BCUT2D eigenvalue weighted by Crippen LogP contribution is 2.41. The van der Waals surface area contributed by atoms with Crippen LogP contribution in [0.15, 0.2) is 15.9 Å². The Hall–Kier alpha value is -0.240. The summed E-state index contributed by atoms with van der Waals surface area (Å²) in [6, 6.07) is 1.42.